The van der Waals surface area contributed by atoms with E-state index in [0.717, 1.165) is 17.1 Å². The number of nitrogens with zero attached hydrogens (tertiary/aromatic N) is 4. The number of carbonyl (C=O) groups excluding carboxylic acids is 1. The molecule has 0 radical (unpaired) electrons. The van der Waals surface area contributed by atoms with Crippen molar-refractivity contribution in [2.24, 2.45) is 0 Å². The number of imidazole rings is 1. The maximum atomic E-state index is 11.6. The fourth-order valence-corrected chi connectivity index (χ4v) is 2.77. The maximum Gasteiger partial charge on any atom is 0.247 e. The molecule has 0 aliphatic heterocycles. The minimum atomic E-state index is -0.261. The highest BCUT2D eigenvalue weighted by atomic mass is 16.1. The zero-order chi connectivity index (χ0) is 17.9. The lowest BCUT2D eigenvalue weighted by molar-refractivity contribution is -0.111. The highest BCUT2D eigenvalue weighted by Gasteiger charge is 2.15. The Balaban J connectivity index is 1.92. The first-order valence-electron chi connectivity index (χ1n) is 8.04. The van der Waals surface area contributed by atoms with Crippen LogP contribution in [0.25, 0.3) is 28.2 Å². The number of amides is 1. The van der Waals surface area contributed by atoms with E-state index in [4.69, 9.17) is 4.98 Å². The first-order valence-corrected chi connectivity index (χ1v) is 8.04. The molecular weight excluding hydrogens is 326 g/mol. The summed E-state index contributed by atoms with van der Waals surface area (Å²) in [5, 5.41) is 2.78. The standard InChI is InChI=1S/C20H15N5O/c1-2-18(26)23-15-9-6-10-16(11-15)25-19(14-7-4-3-5-8-14)24-17-12-21-13-22-20(17)25/h2-13H,1H2,(H,23,26). The highest BCUT2D eigenvalue weighted by molar-refractivity contribution is 5.99. The van der Waals surface area contributed by atoms with Gasteiger partial charge >= 0.3 is 0 Å². The Hall–Kier alpha value is -3.80. The molecule has 4 aromatic rings. The number of hydrogen-bond acceptors (Lipinski definition) is 4. The lowest BCUT2D eigenvalue weighted by atomic mass is 10.2. The first-order chi connectivity index (χ1) is 12.8. The van der Waals surface area contributed by atoms with Gasteiger partial charge in [-0.1, -0.05) is 43.0 Å². The Labute approximate surface area is 149 Å². The van der Waals surface area contributed by atoms with Gasteiger partial charge in [0.25, 0.3) is 0 Å². The average Bonchev–Trinajstić information content (AvgIpc) is 3.08. The van der Waals surface area contributed by atoms with Crippen LogP contribution in [0.3, 0.4) is 0 Å². The SMILES string of the molecule is C=CC(=O)Nc1cccc(-n2c(-c3ccccc3)nc3cncnc32)c1. The van der Waals surface area contributed by atoms with Crippen molar-refractivity contribution in [2.75, 3.05) is 5.32 Å². The minimum Gasteiger partial charge on any atom is -0.322 e. The lowest BCUT2D eigenvalue weighted by Crippen LogP contribution is -2.08. The van der Waals surface area contributed by atoms with Crippen molar-refractivity contribution in [3.63, 3.8) is 0 Å². The Morgan fingerprint density at radius 3 is 2.77 bits per heavy atom. The van der Waals surface area contributed by atoms with Gasteiger partial charge in [-0.15, -0.1) is 0 Å². The number of rotatable bonds is 4. The van der Waals surface area contributed by atoms with E-state index in [0.29, 0.717) is 16.9 Å². The minimum absolute atomic E-state index is 0.261. The molecule has 6 heteroatoms. The van der Waals surface area contributed by atoms with E-state index in [1.54, 1.807) is 6.20 Å². The van der Waals surface area contributed by atoms with Crippen LogP contribution < -0.4 is 5.32 Å². The third kappa shape index (κ3) is 2.84. The molecule has 0 spiro atoms. The Kier molecular flexibility index (Phi) is 3.99. The smallest absolute Gasteiger partial charge is 0.247 e. The predicted molar refractivity (Wildman–Crippen MR) is 101 cm³/mol. The molecule has 0 bridgehead atoms. The average molecular weight is 341 g/mol. The summed E-state index contributed by atoms with van der Waals surface area (Å²) in [6.45, 7) is 3.48. The van der Waals surface area contributed by atoms with Crippen molar-refractivity contribution in [1.82, 2.24) is 19.5 Å². The number of aromatic nitrogens is 4. The van der Waals surface area contributed by atoms with Gasteiger partial charge < -0.3 is 5.32 Å². The molecule has 4 rings (SSSR count). The number of carbonyl (C=O) groups is 1. The summed E-state index contributed by atoms with van der Waals surface area (Å²) in [5.74, 6) is 0.497. The van der Waals surface area contributed by atoms with Gasteiger partial charge in [-0.2, -0.15) is 0 Å². The molecule has 0 aliphatic rings. The van der Waals surface area contributed by atoms with Crippen LogP contribution in [0.15, 0.2) is 79.8 Å². The van der Waals surface area contributed by atoms with E-state index >= 15 is 0 Å². The van der Waals surface area contributed by atoms with Crippen LogP contribution in [0.4, 0.5) is 5.69 Å². The molecule has 0 aliphatic carbocycles. The summed E-state index contributed by atoms with van der Waals surface area (Å²) >= 11 is 0. The van der Waals surface area contributed by atoms with Crippen molar-refractivity contribution in [1.29, 1.82) is 0 Å². The number of hydrogen-bond donors (Lipinski definition) is 1. The molecule has 126 valence electrons. The molecule has 6 nitrogen and oxygen atoms in total. The normalized spacial score (nSPS) is 10.6. The van der Waals surface area contributed by atoms with E-state index in [2.05, 4.69) is 21.9 Å². The predicted octanol–water partition coefficient (Wildman–Crippen LogP) is 3.61. The monoisotopic (exact) mass is 341 g/mol. The topological polar surface area (TPSA) is 72.7 Å². The molecule has 0 saturated heterocycles. The molecule has 1 amide bonds. The zero-order valence-electron chi connectivity index (χ0n) is 13.8. The van der Waals surface area contributed by atoms with E-state index in [1.165, 1.54) is 12.4 Å². The zero-order valence-corrected chi connectivity index (χ0v) is 13.8. The van der Waals surface area contributed by atoms with Crippen LogP contribution in [0.5, 0.6) is 0 Å². The quantitative estimate of drug-likeness (QED) is 0.576. The highest BCUT2D eigenvalue weighted by Crippen LogP contribution is 2.28. The Morgan fingerprint density at radius 2 is 1.96 bits per heavy atom. The second-order valence-electron chi connectivity index (χ2n) is 5.61. The van der Waals surface area contributed by atoms with E-state index in [-0.39, 0.29) is 5.91 Å². The van der Waals surface area contributed by atoms with E-state index in [9.17, 15) is 4.79 Å². The Bertz CT molecular complexity index is 1100. The van der Waals surface area contributed by atoms with Crippen LogP contribution >= 0.6 is 0 Å². The van der Waals surface area contributed by atoms with Gasteiger partial charge in [0.1, 0.15) is 17.7 Å². The van der Waals surface area contributed by atoms with Crippen LogP contribution in [-0.2, 0) is 4.79 Å². The van der Waals surface area contributed by atoms with Gasteiger partial charge in [-0.3, -0.25) is 9.36 Å². The number of fused-ring (bicyclic) bond motifs is 1. The summed E-state index contributed by atoms with van der Waals surface area (Å²) in [6, 6.07) is 17.4. The first kappa shape index (κ1) is 15.7. The molecule has 26 heavy (non-hydrogen) atoms. The molecule has 1 N–H and O–H groups in total. The molecule has 0 unspecified atom stereocenters. The molecule has 0 saturated carbocycles. The van der Waals surface area contributed by atoms with Crippen LogP contribution in [0, 0.1) is 0 Å². The van der Waals surface area contributed by atoms with E-state index in [1.807, 2.05) is 59.2 Å². The second-order valence-corrected chi connectivity index (χ2v) is 5.61. The number of nitrogens with one attached hydrogen (secondary N) is 1. The Morgan fingerprint density at radius 1 is 1.12 bits per heavy atom. The van der Waals surface area contributed by atoms with Crippen molar-refractivity contribution in [3.8, 4) is 17.1 Å². The summed E-state index contributed by atoms with van der Waals surface area (Å²) in [5.41, 5.74) is 3.87. The lowest BCUT2D eigenvalue weighted by Gasteiger charge is -2.11. The molecule has 2 heterocycles. The van der Waals surface area contributed by atoms with Crippen molar-refractivity contribution >= 4 is 22.8 Å². The third-order valence-corrected chi connectivity index (χ3v) is 3.91. The fraction of sp³-hybridized carbons (Fsp3) is 0. The summed E-state index contributed by atoms with van der Waals surface area (Å²) < 4.78 is 1.95. The summed E-state index contributed by atoms with van der Waals surface area (Å²) in [6.07, 6.45) is 4.43. The van der Waals surface area contributed by atoms with Gasteiger partial charge in [0, 0.05) is 11.3 Å². The largest absolute Gasteiger partial charge is 0.322 e. The van der Waals surface area contributed by atoms with Crippen LogP contribution in [0.1, 0.15) is 0 Å². The van der Waals surface area contributed by atoms with Gasteiger partial charge in [-0.05, 0) is 24.3 Å². The van der Waals surface area contributed by atoms with Crippen molar-refractivity contribution in [2.45, 2.75) is 0 Å². The molecule has 2 aromatic carbocycles. The number of benzene rings is 2. The summed E-state index contributed by atoms with van der Waals surface area (Å²) in [4.78, 5) is 24.8. The molecule has 0 fully saturated rings. The van der Waals surface area contributed by atoms with Gasteiger partial charge in [0.15, 0.2) is 5.65 Å². The van der Waals surface area contributed by atoms with Gasteiger partial charge in [-0.25, -0.2) is 15.0 Å². The van der Waals surface area contributed by atoms with Crippen molar-refractivity contribution in [3.05, 3.63) is 79.8 Å². The van der Waals surface area contributed by atoms with Gasteiger partial charge in [0.05, 0.1) is 11.9 Å². The fourth-order valence-electron chi connectivity index (χ4n) is 2.77. The molecular formula is C20H15N5O. The maximum absolute atomic E-state index is 11.6. The van der Waals surface area contributed by atoms with Crippen LogP contribution in [0.2, 0.25) is 0 Å². The second kappa shape index (κ2) is 6.60. The molecule has 2 aromatic heterocycles. The number of anilines is 1. The van der Waals surface area contributed by atoms with Crippen LogP contribution in [-0.4, -0.2) is 25.4 Å². The third-order valence-electron chi connectivity index (χ3n) is 3.91. The van der Waals surface area contributed by atoms with Crippen molar-refractivity contribution < 1.29 is 4.79 Å². The van der Waals surface area contributed by atoms with E-state index < -0.39 is 0 Å². The molecule has 0 atom stereocenters. The van der Waals surface area contributed by atoms with Gasteiger partial charge in [0.2, 0.25) is 5.91 Å². The summed E-state index contributed by atoms with van der Waals surface area (Å²) in [7, 11) is 0.